The van der Waals surface area contributed by atoms with Crippen LogP contribution in [0.3, 0.4) is 0 Å². The van der Waals surface area contributed by atoms with Crippen molar-refractivity contribution in [2.45, 2.75) is 38.9 Å². The van der Waals surface area contributed by atoms with Gasteiger partial charge in [-0.1, -0.05) is 37.3 Å². The second-order valence-corrected chi connectivity index (χ2v) is 5.65. The zero-order valence-corrected chi connectivity index (χ0v) is 13.2. The smallest absolute Gasteiger partial charge is 0.0502 e. The minimum atomic E-state index is 0.118. The Labute approximate surface area is 127 Å². The van der Waals surface area contributed by atoms with Gasteiger partial charge in [0.2, 0.25) is 0 Å². The predicted molar refractivity (Wildman–Crippen MR) is 87.9 cm³/mol. The second-order valence-electron chi connectivity index (χ2n) is 5.65. The van der Waals surface area contributed by atoms with Crippen molar-refractivity contribution in [1.29, 1.82) is 0 Å². The molecule has 0 radical (unpaired) electrons. The molecule has 0 saturated heterocycles. The number of likely N-dealkylation sites (N-methyl/N-ethyl adjacent to an activating group) is 1. The van der Waals surface area contributed by atoms with E-state index in [4.69, 9.17) is 5.73 Å². The van der Waals surface area contributed by atoms with Crippen LogP contribution in [0.5, 0.6) is 0 Å². The van der Waals surface area contributed by atoms with Crippen molar-refractivity contribution in [1.82, 2.24) is 9.88 Å². The number of aryl methyl sites for hydroxylation is 1. The van der Waals surface area contributed by atoms with Crippen LogP contribution in [0.25, 0.3) is 0 Å². The Balaban J connectivity index is 2.26. The van der Waals surface area contributed by atoms with Crippen molar-refractivity contribution in [3.63, 3.8) is 0 Å². The van der Waals surface area contributed by atoms with Crippen LogP contribution in [0.4, 0.5) is 0 Å². The van der Waals surface area contributed by atoms with E-state index in [2.05, 4.69) is 61.1 Å². The summed E-state index contributed by atoms with van der Waals surface area (Å²) in [5.74, 6) is 0. The summed E-state index contributed by atoms with van der Waals surface area (Å²) in [5.41, 5.74) is 10.2. The quantitative estimate of drug-likeness (QED) is 0.884. The van der Waals surface area contributed by atoms with Crippen molar-refractivity contribution in [3.05, 3.63) is 65.5 Å². The number of benzene rings is 1. The molecule has 0 bridgehead atoms. The Kier molecular flexibility index (Phi) is 5.48. The van der Waals surface area contributed by atoms with Gasteiger partial charge < -0.3 is 5.73 Å². The Morgan fingerprint density at radius 1 is 1.19 bits per heavy atom. The third-order valence-electron chi connectivity index (χ3n) is 4.01. The Morgan fingerprint density at radius 3 is 2.57 bits per heavy atom. The number of hydrogen-bond donors (Lipinski definition) is 1. The van der Waals surface area contributed by atoms with E-state index in [1.807, 2.05) is 12.3 Å². The van der Waals surface area contributed by atoms with Crippen LogP contribution >= 0.6 is 0 Å². The maximum Gasteiger partial charge on any atom is 0.0502 e. The van der Waals surface area contributed by atoms with Gasteiger partial charge >= 0.3 is 0 Å². The summed E-state index contributed by atoms with van der Waals surface area (Å²) in [5, 5.41) is 0. The van der Waals surface area contributed by atoms with E-state index < -0.39 is 0 Å². The van der Waals surface area contributed by atoms with Gasteiger partial charge in [0.1, 0.15) is 0 Å². The van der Waals surface area contributed by atoms with Crippen molar-refractivity contribution in [2.75, 3.05) is 7.05 Å². The molecule has 1 heterocycles. The summed E-state index contributed by atoms with van der Waals surface area (Å²) in [6.07, 6.45) is 4.68. The average molecular weight is 283 g/mol. The number of rotatable bonds is 6. The number of nitrogens with zero attached hydrogens (tertiary/aromatic N) is 2. The summed E-state index contributed by atoms with van der Waals surface area (Å²) < 4.78 is 0. The SMILES string of the molecule is CCC(N)C(c1ccccc1C)N(C)Cc1cccnc1. The lowest BCUT2D eigenvalue weighted by atomic mass is 9.93. The van der Waals surface area contributed by atoms with E-state index in [-0.39, 0.29) is 12.1 Å². The Morgan fingerprint density at radius 2 is 1.95 bits per heavy atom. The molecule has 2 aromatic rings. The molecule has 112 valence electrons. The minimum Gasteiger partial charge on any atom is -0.326 e. The van der Waals surface area contributed by atoms with Gasteiger partial charge in [0, 0.05) is 25.0 Å². The van der Waals surface area contributed by atoms with Gasteiger partial charge in [-0.15, -0.1) is 0 Å². The first-order chi connectivity index (χ1) is 10.1. The number of aromatic nitrogens is 1. The zero-order chi connectivity index (χ0) is 15.2. The van der Waals surface area contributed by atoms with Gasteiger partial charge in [-0.25, -0.2) is 0 Å². The maximum absolute atomic E-state index is 6.42. The normalized spacial score (nSPS) is 14.1. The highest BCUT2D eigenvalue weighted by molar-refractivity contribution is 5.30. The second kappa shape index (κ2) is 7.34. The lowest BCUT2D eigenvalue weighted by Gasteiger charge is -2.33. The minimum absolute atomic E-state index is 0.118. The van der Waals surface area contributed by atoms with Crippen molar-refractivity contribution in [2.24, 2.45) is 5.73 Å². The monoisotopic (exact) mass is 283 g/mol. The van der Waals surface area contributed by atoms with Gasteiger partial charge in [-0.2, -0.15) is 0 Å². The van der Waals surface area contributed by atoms with Gasteiger partial charge in [0.15, 0.2) is 0 Å². The molecule has 1 aromatic carbocycles. The zero-order valence-electron chi connectivity index (χ0n) is 13.2. The standard InChI is InChI=1S/C18H25N3/c1-4-17(19)18(16-10-6-5-8-14(16)2)21(3)13-15-9-7-11-20-12-15/h5-12,17-18H,4,13,19H2,1-3H3. The van der Waals surface area contributed by atoms with Gasteiger partial charge in [-0.3, -0.25) is 9.88 Å². The highest BCUT2D eigenvalue weighted by Crippen LogP contribution is 2.27. The Hall–Kier alpha value is -1.71. The summed E-state index contributed by atoms with van der Waals surface area (Å²) >= 11 is 0. The van der Waals surface area contributed by atoms with E-state index in [0.29, 0.717) is 0 Å². The highest BCUT2D eigenvalue weighted by atomic mass is 15.1. The molecule has 2 unspecified atom stereocenters. The molecule has 3 heteroatoms. The molecule has 3 nitrogen and oxygen atoms in total. The first-order valence-electron chi connectivity index (χ1n) is 7.53. The largest absolute Gasteiger partial charge is 0.326 e. The lowest BCUT2D eigenvalue weighted by molar-refractivity contribution is 0.201. The molecular formula is C18H25N3. The van der Waals surface area contributed by atoms with Gasteiger partial charge in [-0.05, 0) is 43.1 Å². The summed E-state index contributed by atoms with van der Waals surface area (Å²) in [7, 11) is 2.14. The third-order valence-corrected chi connectivity index (χ3v) is 4.01. The van der Waals surface area contributed by atoms with Crippen LogP contribution < -0.4 is 5.73 Å². The summed E-state index contributed by atoms with van der Waals surface area (Å²) in [6, 6.07) is 12.9. The van der Waals surface area contributed by atoms with Crippen LogP contribution in [0.1, 0.15) is 36.1 Å². The fourth-order valence-electron chi connectivity index (χ4n) is 2.81. The summed E-state index contributed by atoms with van der Waals surface area (Å²) in [4.78, 5) is 6.52. The lowest BCUT2D eigenvalue weighted by Crippen LogP contribution is -2.39. The molecule has 2 atom stereocenters. The number of pyridine rings is 1. The molecule has 1 aromatic heterocycles. The van der Waals surface area contributed by atoms with Crippen LogP contribution in [-0.4, -0.2) is 23.0 Å². The van der Waals surface area contributed by atoms with E-state index in [0.717, 1.165) is 13.0 Å². The van der Waals surface area contributed by atoms with Gasteiger partial charge in [0.25, 0.3) is 0 Å². The predicted octanol–water partition coefficient (Wildman–Crippen LogP) is 3.30. The van der Waals surface area contributed by atoms with Crippen LogP contribution in [-0.2, 0) is 6.54 Å². The average Bonchev–Trinajstić information content (AvgIpc) is 2.50. The third kappa shape index (κ3) is 3.90. The fraction of sp³-hybridized carbons (Fsp3) is 0.389. The van der Waals surface area contributed by atoms with Crippen molar-refractivity contribution < 1.29 is 0 Å². The van der Waals surface area contributed by atoms with Crippen LogP contribution in [0.2, 0.25) is 0 Å². The first-order valence-corrected chi connectivity index (χ1v) is 7.53. The molecule has 0 amide bonds. The molecular weight excluding hydrogens is 258 g/mol. The molecule has 2 N–H and O–H groups in total. The Bertz CT molecular complexity index is 553. The molecule has 0 aliphatic carbocycles. The molecule has 0 aliphatic rings. The van der Waals surface area contributed by atoms with Crippen molar-refractivity contribution >= 4 is 0 Å². The van der Waals surface area contributed by atoms with Crippen LogP contribution in [0, 0.1) is 6.92 Å². The molecule has 0 saturated carbocycles. The molecule has 2 rings (SSSR count). The van der Waals surface area contributed by atoms with E-state index in [1.165, 1.54) is 16.7 Å². The van der Waals surface area contributed by atoms with Crippen LogP contribution in [0.15, 0.2) is 48.8 Å². The van der Waals surface area contributed by atoms with E-state index in [1.54, 1.807) is 6.20 Å². The molecule has 21 heavy (non-hydrogen) atoms. The van der Waals surface area contributed by atoms with Gasteiger partial charge in [0.05, 0.1) is 6.04 Å². The molecule has 0 fully saturated rings. The molecule has 0 spiro atoms. The highest BCUT2D eigenvalue weighted by Gasteiger charge is 2.24. The number of hydrogen-bond acceptors (Lipinski definition) is 3. The van der Waals surface area contributed by atoms with E-state index in [9.17, 15) is 0 Å². The van der Waals surface area contributed by atoms with E-state index >= 15 is 0 Å². The van der Waals surface area contributed by atoms with Crippen molar-refractivity contribution in [3.8, 4) is 0 Å². The summed E-state index contributed by atoms with van der Waals surface area (Å²) in [6.45, 7) is 5.15. The maximum atomic E-state index is 6.42. The molecule has 0 aliphatic heterocycles. The topological polar surface area (TPSA) is 42.1 Å². The number of nitrogens with two attached hydrogens (primary N) is 1. The first kappa shape index (κ1) is 15.7. The fourth-order valence-corrected chi connectivity index (χ4v) is 2.81.